The van der Waals surface area contributed by atoms with Gasteiger partial charge in [0.05, 0.1) is 5.41 Å². The van der Waals surface area contributed by atoms with E-state index in [2.05, 4.69) is 126 Å². The number of carboxylic acid groups (broad SMARTS) is 1. The molecule has 7 nitrogen and oxygen atoms in total. The van der Waals surface area contributed by atoms with Gasteiger partial charge < -0.3 is 15.3 Å². The van der Waals surface area contributed by atoms with Gasteiger partial charge in [-0.3, -0.25) is 9.83 Å². The first kappa shape index (κ1) is 32.7. The Morgan fingerprint density at radius 1 is 1.05 bits per heavy atom. The third-order valence-electron chi connectivity index (χ3n) is 8.95. The van der Waals surface area contributed by atoms with Gasteiger partial charge >= 0.3 is 5.97 Å². The van der Waals surface area contributed by atoms with E-state index in [-0.39, 0.29) is 17.3 Å². The van der Waals surface area contributed by atoms with E-state index >= 15 is 0 Å². The molecule has 2 aliphatic heterocycles. The van der Waals surface area contributed by atoms with E-state index in [4.69, 9.17) is 0 Å². The maximum atomic E-state index is 11.3. The molecule has 0 aliphatic carbocycles. The molecule has 43 heavy (non-hydrogen) atoms. The van der Waals surface area contributed by atoms with E-state index in [0.29, 0.717) is 12.2 Å². The van der Waals surface area contributed by atoms with Crippen LogP contribution >= 0.6 is 12.0 Å². The minimum Gasteiger partial charge on any atom is -0.691 e. The van der Waals surface area contributed by atoms with Gasteiger partial charge in [-0.1, -0.05) is 54.1 Å². The molecule has 0 aromatic heterocycles. The molecular weight excluding hydrogens is 560 g/mol. The van der Waals surface area contributed by atoms with Crippen LogP contribution in [0.4, 0.5) is 11.4 Å². The van der Waals surface area contributed by atoms with Crippen molar-refractivity contribution < 1.29 is 29.1 Å². The lowest BCUT2D eigenvalue weighted by molar-refractivity contribution is -0.777. The Kier molecular flexibility index (Phi) is 11.1. The number of nitrogens with zero attached hydrogens (tertiary/aromatic N) is 2. The van der Waals surface area contributed by atoms with Crippen molar-refractivity contribution in [2.24, 2.45) is 0 Å². The van der Waals surface area contributed by atoms with Crippen molar-refractivity contribution in [1.29, 1.82) is 0 Å². The highest BCUT2D eigenvalue weighted by Gasteiger charge is 2.46. The molecule has 8 heteroatoms. The van der Waals surface area contributed by atoms with Crippen molar-refractivity contribution in [1.82, 2.24) is 0 Å². The number of likely N-dealkylation sites (N-methyl/N-ethyl adjacent to an activating group) is 1. The highest BCUT2D eigenvalue weighted by atomic mass is 32.2. The van der Waals surface area contributed by atoms with Crippen molar-refractivity contribution in [3.8, 4) is 0 Å². The summed E-state index contributed by atoms with van der Waals surface area (Å²) in [5, 5.41) is 23.0. The minimum atomic E-state index is -0.753. The van der Waals surface area contributed by atoms with Crippen molar-refractivity contribution in [2.75, 3.05) is 23.7 Å². The van der Waals surface area contributed by atoms with Crippen molar-refractivity contribution >= 4 is 35.1 Å². The summed E-state index contributed by atoms with van der Waals surface area (Å²) in [6.45, 7) is 12.7. The standard InChI is InChI=1S/C35H44N2O5S/c1-6-36-29-16-12-11-15-27(29)34(4,23-14-24-43-42-41-40)31(36)17-9-8-10-18-32-35(5,22-13-19-33(38)39)28-25-26(3)20-21-30(28)37(32)7-2/h8-12,15-18,20-21,25H,6-7,13-14,19,22-24H2,1-5H3,(H-,38,39,40). The summed E-state index contributed by atoms with van der Waals surface area (Å²) in [5.41, 5.74) is 8.24. The zero-order valence-corrected chi connectivity index (χ0v) is 26.8. The molecule has 2 atom stereocenters. The first-order valence-corrected chi connectivity index (χ1v) is 16.1. The van der Waals surface area contributed by atoms with Crippen LogP contribution in [-0.4, -0.2) is 40.2 Å². The number of allylic oxidation sites excluding steroid dienone is 6. The Bertz CT molecular complexity index is 1430. The van der Waals surface area contributed by atoms with E-state index in [0.717, 1.165) is 44.4 Å². The number of aliphatic carboxylic acids is 1. The minimum absolute atomic E-state index is 0.167. The van der Waals surface area contributed by atoms with Gasteiger partial charge in [-0.2, -0.15) is 8.91 Å². The van der Waals surface area contributed by atoms with Crippen LogP contribution in [0.3, 0.4) is 0 Å². The van der Waals surface area contributed by atoms with Crippen LogP contribution in [-0.2, 0) is 25.0 Å². The van der Waals surface area contributed by atoms with Gasteiger partial charge in [0.15, 0.2) is 5.71 Å². The molecule has 230 valence electrons. The van der Waals surface area contributed by atoms with E-state index in [9.17, 15) is 15.2 Å². The predicted octanol–water partition coefficient (Wildman–Crippen LogP) is 7.07. The lowest BCUT2D eigenvalue weighted by Crippen LogP contribution is -2.31. The summed E-state index contributed by atoms with van der Waals surface area (Å²) in [4.78, 5) is 13.7. The zero-order valence-electron chi connectivity index (χ0n) is 26.0. The molecule has 2 aliphatic rings. The molecule has 0 bridgehead atoms. The number of hydrogen-bond acceptors (Lipinski definition) is 6. The normalized spacial score (nSPS) is 22.4. The summed E-state index contributed by atoms with van der Waals surface area (Å²) >= 11 is 1.04. The van der Waals surface area contributed by atoms with Crippen molar-refractivity contribution in [3.05, 3.63) is 95.2 Å². The molecule has 2 aromatic rings. The average Bonchev–Trinajstić information content (AvgIpc) is 3.37. The number of fused-ring (bicyclic) bond motifs is 2. The first-order valence-electron chi connectivity index (χ1n) is 15.2. The molecule has 0 fully saturated rings. The van der Waals surface area contributed by atoms with Gasteiger partial charge in [0.1, 0.15) is 6.54 Å². The Balaban J connectivity index is 1.62. The molecule has 2 heterocycles. The molecule has 2 unspecified atom stereocenters. The topological polar surface area (TPSA) is 85.1 Å². The van der Waals surface area contributed by atoms with Gasteiger partial charge in [-0.25, -0.2) is 0 Å². The fraction of sp³-hybridized carbons (Fsp3) is 0.429. The molecule has 0 radical (unpaired) electrons. The number of aryl methyl sites for hydroxylation is 1. The molecule has 0 spiro atoms. The van der Waals surface area contributed by atoms with Crippen LogP contribution in [0.15, 0.2) is 78.5 Å². The van der Waals surface area contributed by atoms with Crippen molar-refractivity contribution in [3.63, 3.8) is 0 Å². The number of para-hydroxylation sites is 1. The maximum Gasteiger partial charge on any atom is 0.303 e. The quantitative estimate of drug-likeness (QED) is 0.0581. The lowest BCUT2D eigenvalue weighted by atomic mass is 9.76. The molecule has 1 N–H and O–H groups in total. The summed E-state index contributed by atoms with van der Waals surface area (Å²) in [5.74, 6) is -0.0882. The second-order valence-corrected chi connectivity index (χ2v) is 12.5. The fourth-order valence-electron chi connectivity index (χ4n) is 6.88. The summed E-state index contributed by atoms with van der Waals surface area (Å²) in [6, 6.07) is 15.2. The monoisotopic (exact) mass is 604 g/mol. The van der Waals surface area contributed by atoms with Crippen LogP contribution in [0, 0.1) is 6.92 Å². The molecule has 0 saturated heterocycles. The predicted molar refractivity (Wildman–Crippen MR) is 173 cm³/mol. The fourth-order valence-corrected chi connectivity index (χ4v) is 7.25. The number of hydrogen-bond donors (Lipinski definition) is 1. The Morgan fingerprint density at radius 2 is 1.81 bits per heavy atom. The zero-order chi connectivity index (χ0) is 31.0. The number of carboxylic acids is 1. The number of anilines is 1. The third kappa shape index (κ3) is 6.83. The number of rotatable bonds is 15. The van der Waals surface area contributed by atoms with Crippen LogP contribution in [0.25, 0.3) is 0 Å². The average molecular weight is 605 g/mol. The van der Waals surface area contributed by atoms with Gasteiger partial charge in [0.2, 0.25) is 5.69 Å². The summed E-state index contributed by atoms with van der Waals surface area (Å²) < 4.78 is 6.86. The molecule has 0 saturated carbocycles. The third-order valence-corrected chi connectivity index (χ3v) is 9.56. The van der Waals surface area contributed by atoms with Gasteiger partial charge in [-0.05, 0) is 78.0 Å². The van der Waals surface area contributed by atoms with Crippen LogP contribution in [0.1, 0.15) is 76.5 Å². The molecule has 2 aromatic carbocycles. The molecule has 0 amide bonds. The largest absolute Gasteiger partial charge is 0.691 e. The SMILES string of the molecule is CCN1/C(=C/C=C/C=C/C2=[N+](CC)c3ccccc3C2(C)CCCSOO[O-])C(C)(CCCC(=O)O)c2cc(C)ccc21. The van der Waals surface area contributed by atoms with Gasteiger partial charge in [-0.15, -0.1) is 0 Å². The van der Waals surface area contributed by atoms with Crippen LogP contribution < -0.4 is 10.2 Å². The van der Waals surface area contributed by atoms with Crippen LogP contribution in [0.5, 0.6) is 0 Å². The maximum absolute atomic E-state index is 11.3. The van der Waals surface area contributed by atoms with Gasteiger partial charge in [0, 0.05) is 65.3 Å². The Labute approximate surface area is 260 Å². The van der Waals surface area contributed by atoms with E-state index < -0.39 is 5.97 Å². The second kappa shape index (κ2) is 14.5. The number of carbonyl (C=O) groups is 1. The Morgan fingerprint density at radius 3 is 2.53 bits per heavy atom. The van der Waals surface area contributed by atoms with E-state index in [1.165, 1.54) is 39.5 Å². The van der Waals surface area contributed by atoms with E-state index in [1.807, 2.05) is 0 Å². The molecular formula is C35H44N2O5S. The highest BCUT2D eigenvalue weighted by Crippen LogP contribution is 2.51. The highest BCUT2D eigenvalue weighted by molar-refractivity contribution is 7.94. The summed E-state index contributed by atoms with van der Waals surface area (Å²) in [6.07, 6.45) is 14.1. The Hall–Kier alpha value is -3.17. The lowest BCUT2D eigenvalue weighted by Gasteiger charge is -2.30. The van der Waals surface area contributed by atoms with Crippen LogP contribution in [0.2, 0.25) is 0 Å². The molecule has 4 rings (SSSR count). The van der Waals surface area contributed by atoms with Crippen molar-refractivity contribution in [2.45, 2.75) is 77.6 Å². The smallest absolute Gasteiger partial charge is 0.303 e. The van der Waals surface area contributed by atoms with Gasteiger partial charge in [0.25, 0.3) is 0 Å². The first-order chi connectivity index (χ1) is 20.7. The van der Waals surface area contributed by atoms with E-state index in [1.54, 1.807) is 0 Å². The summed E-state index contributed by atoms with van der Waals surface area (Å²) in [7, 11) is 0. The second-order valence-electron chi connectivity index (χ2n) is 11.7. The number of benzene rings is 2.